The zero-order valence-electron chi connectivity index (χ0n) is 11.4. The van der Waals surface area contributed by atoms with Crippen LogP contribution in [0.3, 0.4) is 0 Å². The molecule has 0 radical (unpaired) electrons. The molecule has 0 bridgehead atoms. The van der Waals surface area contributed by atoms with Crippen molar-refractivity contribution in [1.29, 1.82) is 0 Å². The number of anilines is 1. The quantitative estimate of drug-likeness (QED) is 0.886. The maximum absolute atomic E-state index is 12.2. The van der Waals surface area contributed by atoms with Crippen LogP contribution >= 0.6 is 11.3 Å². The molecule has 0 spiro atoms. The van der Waals surface area contributed by atoms with Crippen molar-refractivity contribution in [3.05, 3.63) is 34.0 Å². The lowest BCUT2D eigenvalue weighted by atomic mass is 10.3. The third-order valence-corrected chi connectivity index (χ3v) is 4.20. The molecule has 2 heterocycles. The summed E-state index contributed by atoms with van der Waals surface area (Å²) < 4.78 is 2.00. The maximum Gasteiger partial charge on any atom is 0.268 e. The summed E-state index contributed by atoms with van der Waals surface area (Å²) in [7, 11) is 0. The van der Waals surface area contributed by atoms with E-state index in [-0.39, 0.29) is 5.91 Å². The predicted molar refractivity (Wildman–Crippen MR) is 80.0 cm³/mol. The molecule has 2 aromatic rings. The molecule has 0 aliphatic heterocycles. The molecule has 3 N–H and O–H groups in total. The van der Waals surface area contributed by atoms with Crippen LogP contribution in [0.25, 0.3) is 0 Å². The van der Waals surface area contributed by atoms with Crippen LogP contribution in [-0.2, 0) is 6.42 Å². The van der Waals surface area contributed by atoms with Gasteiger partial charge in [0.2, 0.25) is 0 Å². The van der Waals surface area contributed by atoms with Crippen LogP contribution in [0, 0.1) is 6.92 Å². The largest absolute Gasteiger partial charge is 0.397 e. The molecule has 1 amide bonds. The summed E-state index contributed by atoms with van der Waals surface area (Å²) in [6, 6.07) is 2.20. The summed E-state index contributed by atoms with van der Waals surface area (Å²) in [5.74, 6) is -0.0550. The minimum absolute atomic E-state index is 0.0550. The summed E-state index contributed by atoms with van der Waals surface area (Å²) in [5.41, 5.74) is 8.14. The molecule has 2 aromatic heterocycles. The van der Waals surface area contributed by atoms with Crippen molar-refractivity contribution in [2.75, 3.05) is 12.3 Å². The first kappa shape index (κ1) is 13.2. The summed E-state index contributed by atoms with van der Waals surface area (Å²) in [5, 5.41) is 6.03. The molecule has 20 heavy (non-hydrogen) atoms. The fourth-order valence-corrected chi connectivity index (χ4v) is 2.90. The molecule has 0 atom stereocenters. The van der Waals surface area contributed by atoms with E-state index in [4.69, 9.17) is 5.73 Å². The van der Waals surface area contributed by atoms with Gasteiger partial charge in [0, 0.05) is 30.6 Å². The molecule has 1 aliphatic carbocycles. The molecule has 0 aromatic carbocycles. The van der Waals surface area contributed by atoms with Crippen LogP contribution in [0.1, 0.15) is 40.1 Å². The van der Waals surface area contributed by atoms with E-state index in [9.17, 15) is 4.79 Å². The monoisotopic (exact) mass is 290 g/mol. The van der Waals surface area contributed by atoms with Crippen molar-refractivity contribution in [2.24, 2.45) is 0 Å². The molecule has 1 fully saturated rings. The van der Waals surface area contributed by atoms with Crippen LogP contribution in [0.5, 0.6) is 0 Å². The van der Waals surface area contributed by atoms with Gasteiger partial charge in [-0.2, -0.15) is 0 Å². The minimum atomic E-state index is -0.0550. The van der Waals surface area contributed by atoms with Crippen molar-refractivity contribution >= 4 is 22.9 Å². The van der Waals surface area contributed by atoms with E-state index in [0.29, 0.717) is 24.0 Å². The van der Waals surface area contributed by atoms with Crippen molar-refractivity contribution < 1.29 is 4.79 Å². The number of amides is 1. The van der Waals surface area contributed by atoms with E-state index in [1.54, 1.807) is 17.4 Å². The number of rotatable bonds is 5. The molecule has 106 valence electrons. The minimum Gasteiger partial charge on any atom is -0.397 e. The Labute approximate surface area is 121 Å². The second-order valence-corrected chi connectivity index (χ2v) is 6.22. The Balaban J connectivity index is 1.59. The van der Waals surface area contributed by atoms with Gasteiger partial charge in [-0.3, -0.25) is 4.79 Å². The fraction of sp³-hybridized carbons (Fsp3) is 0.429. The number of hydrogen-bond donors (Lipinski definition) is 2. The third-order valence-electron chi connectivity index (χ3n) is 3.38. The number of nitrogens with two attached hydrogens (primary N) is 1. The van der Waals surface area contributed by atoms with Gasteiger partial charge in [-0.1, -0.05) is 0 Å². The Bertz CT molecular complexity index is 627. The van der Waals surface area contributed by atoms with E-state index in [1.807, 2.05) is 23.1 Å². The van der Waals surface area contributed by atoms with Gasteiger partial charge in [0.1, 0.15) is 5.69 Å². The molecule has 0 saturated heterocycles. The SMILES string of the molecule is Cc1nc(CCNC(=O)c2cc(N)cn2C2CC2)cs1. The lowest BCUT2D eigenvalue weighted by molar-refractivity contribution is 0.0944. The number of thiazole rings is 1. The molecule has 3 rings (SSSR count). The molecular weight excluding hydrogens is 272 g/mol. The highest BCUT2D eigenvalue weighted by atomic mass is 32.1. The highest BCUT2D eigenvalue weighted by molar-refractivity contribution is 7.09. The first-order valence-corrected chi connectivity index (χ1v) is 7.68. The highest BCUT2D eigenvalue weighted by Crippen LogP contribution is 2.37. The second kappa shape index (κ2) is 5.28. The zero-order valence-corrected chi connectivity index (χ0v) is 12.2. The Morgan fingerprint density at radius 3 is 3.05 bits per heavy atom. The molecule has 1 saturated carbocycles. The summed E-state index contributed by atoms with van der Waals surface area (Å²) >= 11 is 1.63. The van der Waals surface area contributed by atoms with E-state index >= 15 is 0 Å². The Hall–Kier alpha value is -1.82. The number of nitrogens with zero attached hydrogens (tertiary/aromatic N) is 2. The smallest absolute Gasteiger partial charge is 0.268 e. The van der Waals surface area contributed by atoms with Crippen LogP contribution in [0.15, 0.2) is 17.6 Å². The third kappa shape index (κ3) is 2.85. The van der Waals surface area contributed by atoms with Crippen LogP contribution in [-0.4, -0.2) is 22.0 Å². The molecule has 0 unspecified atom stereocenters. The Morgan fingerprint density at radius 2 is 2.40 bits per heavy atom. The van der Waals surface area contributed by atoms with Crippen LogP contribution < -0.4 is 11.1 Å². The first-order valence-electron chi connectivity index (χ1n) is 6.80. The highest BCUT2D eigenvalue weighted by Gasteiger charge is 2.27. The van der Waals surface area contributed by atoms with E-state index < -0.39 is 0 Å². The lowest BCUT2D eigenvalue weighted by Gasteiger charge is -2.07. The lowest BCUT2D eigenvalue weighted by Crippen LogP contribution is -2.27. The topological polar surface area (TPSA) is 72.9 Å². The fourth-order valence-electron chi connectivity index (χ4n) is 2.26. The number of hydrogen-bond acceptors (Lipinski definition) is 4. The molecule has 1 aliphatic rings. The van der Waals surface area contributed by atoms with Gasteiger partial charge in [-0.25, -0.2) is 4.98 Å². The maximum atomic E-state index is 12.2. The van der Waals surface area contributed by atoms with Gasteiger partial charge in [0.25, 0.3) is 5.91 Å². The van der Waals surface area contributed by atoms with Crippen molar-refractivity contribution in [2.45, 2.75) is 32.2 Å². The van der Waals surface area contributed by atoms with Crippen molar-refractivity contribution in [1.82, 2.24) is 14.9 Å². The zero-order chi connectivity index (χ0) is 14.1. The van der Waals surface area contributed by atoms with Crippen molar-refractivity contribution in [3.8, 4) is 0 Å². The molecular formula is C14H18N4OS. The van der Waals surface area contributed by atoms with Crippen LogP contribution in [0.2, 0.25) is 0 Å². The van der Waals surface area contributed by atoms with E-state index in [1.165, 1.54) is 0 Å². The Kier molecular flexibility index (Phi) is 3.48. The standard InChI is InChI=1S/C14H18N4OS/c1-9-17-11(8-20-9)4-5-16-14(19)13-6-10(15)7-18(13)12-2-3-12/h6-8,12H,2-5,15H2,1H3,(H,16,19). The number of nitrogens with one attached hydrogen (secondary N) is 1. The van der Waals surface area contributed by atoms with E-state index in [0.717, 1.165) is 30.0 Å². The van der Waals surface area contributed by atoms with Crippen molar-refractivity contribution in [3.63, 3.8) is 0 Å². The van der Waals surface area contributed by atoms with Gasteiger partial charge in [0.15, 0.2) is 0 Å². The number of aryl methyl sites for hydroxylation is 1. The summed E-state index contributed by atoms with van der Waals surface area (Å²) in [6.07, 6.45) is 4.88. The summed E-state index contributed by atoms with van der Waals surface area (Å²) in [6.45, 7) is 2.58. The van der Waals surface area contributed by atoms with E-state index in [2.05, 4.69) is 10.3 Å². The Morgan fingerprint density at radius 1 is 1.60 bits per heavy atom. The second-order valence-electron chi connectivity index (χ2n) is 5.16. The number of carbonyl (C=O) groups is 1. The van der Waals surface area contributed by atoms with Gasteiger partial charge >= 0.3 is 0 Å². The number of carbonyl (C=O) groups excluding carboxylic acids is 1. The normalized spacial score (nSPS) is 14.4. The predicted octanol–water partition coefficient (Wildman–Crippen LogP) is 2.14. The number of nitrogen functional groups attached to an aromatic ring is 1. The molecule has 6 heteroatoms. The average molecular weight is 290 g/mol. The van der Waals surface area contributed by atoms with Gasteiger partial charge in [-0.15, -0.1) is 11.3 Å². The average Bonchev–Trinajstić information content (AvgIpc) is 3.06. The first-order chi connectivity index (χ1) is 9.63. The van der Waals surface area contributed by atoms with Gasteiger partial charge in [0.05, 0.1) is 16.4 Å². The van der Waals surface area contributed by atoms with Gasteiger partial charge in [-0.05, 0) is 25.8 Å². The van der Waals surface area contributed by atoms with Crippen LogP contribution in [0.4, 0.5) is 5.69 Å². The molecule has 5 nitrogen and oxygen atoms in total. The summed E-state index contributed by atoms with van der Waals surface area (Å²) in [4.78, 5) is 16.6. The van der Waals surface area contributed by atoms with Gasteiger partial charge < -0.3 is 15.6 Å². The number of aromatic nitrogens is 2.